The van der Waals surface area contributed by atoms with Crippen molar-refractivity contribution in [2.45, 2.75) is 48.3 Å². The minimum atomic E-state index is -4.04. The first-order valence-electron chi connectivity index (χ1n) is 9.86. The molecule has 1 saturated carbocycles. The van der Waals surface area contributed by atoms with Gasteiger partial charge >= 0.3 is 5.97 Å². The molecule has 4 N–H and O–H groups in total. The molecule has 0 saturated heterocycles. The monoisotopic (exact) mass is 446 g/mol. The number of carboxylic acids is 1. The number of H-pyrrole nitrogens is 1. The Bertz CT molecular complexity index is 1220. The maximum Gasteiger partial charge on any atom is 0.307 e. The lowest BCUT2D eigenvalue weighted by Gasteiger charge is -2.26. The summed E-state index contributed by atoms with van der Waals surface area (Å²) in [5.74, 6) is -0.817. The second-order valence-corrected chi connectivity index (χ2v) is 10.0. The molecular weight excluding hydrogens is 424 g/mol. The summed E-state index contributed by atoms with van der Waals surface area (Å²) in [6.45, 7) is 0. The molecule has 1 heterocycles. The van der Waals surface area contributed by atoms with Crippen LogP contribution >= 0.6 is 11.6 Å². The molecule has 1 aromatic heterocycles. The lowest BCUT2D eigenvalue weighted by molar-refractivity contribution is -0.136. The molecule has 1 aliphatic rings. The molecule has 158 valence electrons. The van der Waals surface area contributed by atoms with Gasteiger partial charge in [-0.3, -0.25) is 4.79 Å². The van der Waals surface area contributed by atoms with Crippen LogP contribution in [0.5, 0.6) is 0 Å². The van der Waals surface area contributed by atoms with E-state index in [0.717, 1.165) is 42.1 Å². The van der Waals surface area contributed by atoms with Gasteiger partial charge in [-0.25, -0.2) is 13.6 Å². The molecule has 0 spiro atoms. The van der Waals surface area contributed by atoms with Crippen LogP contribution in [0, 0.1) is 0 Å². The molecule has 0 amide bonds. The van der Waals surface area contributed by atoms with E-state index in [2.05, 4.69) is 4.98 Å². The number of carboxylic acid groups (broad SMARTS) is 1. The minimum absolute atomic E-state index is 0.00473. The number of nitrogens with two attached hydrogens (primary N) is 1. The van der Waals surface area contributed by atoms with E-state index in [1.165, 1.54) is 0 Å². The summed E-state index contributed by atoms with van der Waals surface area (Å²) in [4.78, 5) is 14.7. The lowest BCUT2D eigenvalue weighted by atomic mass is 9.83. The molecular formula is C22H23ClN2O4S. The average Bonchev–Trinajstić information content (AvgIpc) is 3.05. The van der Waals surface area contributed by atoms with Crippen molar-refractivity contribution >= 4 is 38.5 Å². The highest BCUT2D eigenvalue weighted by atomic mass is 35.5. The number of carbonyl (C=O) groups is 1. The van der Waals surface area contributed by atoms with E-state index in [1.54, 1.807) is 12.1 Å². The quantitative estimate of drug-likeness (QED) is 0.505. The Kier molecular flexibility index (Phi) is 5.61. The van der Waals surface area contributed by atoms with Gasteiger partial charge in [0, 0.05) is 21.8 Å². The summed E-state index contributed by atoms with van der Waals surface area (Å²) in [6, 6.07) is 12.6. The molecule has 2 aromatic carbocycles. The number of aromatic nitrogens is 1. The van der Waals surface area contributed by atoms with Crippen LogP contribution in [0.1, 0.15) is 42.7 Å². The number of benzene rings is 2. The van der Waals surface area contributed by atoms with Crippen molar-refractivity contribution in [2.24, 2.45) is 5.14 Å². The number of nitrogens with one attached hydrogen (secondary N) is 1. The smallest absolute Gasteiger partial charge is 0.307 e. The Labute approximate surface area is 180 Å². The van der Waals surface area contributed by atoms with Gasteiger partial charge in [0.1, 0.15) is 0 Å². The number of halogens is 1. The van der Waals surface area contributed by atoms with Crippen LogP contribution in [0.15, 0.2) is 47.4 Å². The number of para-hydroxylation sites is 1. The van der Waals surface area contributed by atoms with Crippen LogP contribution in [0.25, 0.3) is 22.2 Å². The molecule has 4 rings (SSSR count). The topological polar surface area (TPSA) is 113 Å². The zero-order valence-electron chi connectivity index (χ0n) is 16.3. The second-order valence-electron chi connectivity index (χ2n) is 7.86. The molecule has 6 nitrogen and oxygen atoms in total. The standard InChI is InChI=1S/C22H23ClN2O4S/c23-15-5-3-4-13(10-15)14-8-9-17(20(11-14)30(24,28)29)22-18(12-21(26)27)16-6-1-2-7-19(16)25-22/h1-2,6-9,11,13,15,25H,3-5,10,12H2,(H,26,27)(H2,24,28,29). The fraction of sp³-hybridized carbons (Fsp3) is 0.318. The van der Waals surface area contributed by atoms with Gasteiger partial charge in [-0.1, -0.05) is 36.8 Å². The summed E-state index contributed by atoms with van der Waals surface area (Å²) >= 11 is 6.33. The number of aliphatic carboxylic acids is 1. The van der Waals surface area contributed by atoms with E-state index in [4.69, 9.17) is 16.7 Å². The number of primary sulfonamides is 1. The van der Waals surface area contributed by atoms with Crippen molar-refractivity contribution in [3.63, 3.8) is 0 Å². The maximum atomic E-state index is 12.5. The van der Waals surface area contributed by atoms with Crippen molar-refractivity contribution in [3.8, 4) is 11.3 Å². The third kappa shape index (κ3) is 4.10. The first-order chi connectivity index (χ1) is 14.2. The number of alkyl halides is 1. The van der Waals surface area contributed by atoms with Gasteiger partial charge in [0.2, 0.25) is 10.0 Å². The largest absolute Gasteiger partial charge is 0.481 e. The Morgan fingerprint density at radius 2 is 1.97 bits per heavy atom. The van der Waals surface area contributed by atoms with E-state index in [1.807, 2.05) is 30.3 Å². The highest BCUT2D eigenvalue weighted by Crippen LogP contribution is 2.39. The van der Waals surface area contributed by atoms with Gasteiger partial charge in [-0.15, -0.1) is 11.6 Å². The molecule has 30 heavy (non-hydrogen) atoms. The van der Waals surface area contributed by atoms with E-state index in [-0.39, 0.29) is 22.6 Å². The Balaban J connectivity index is 1.90. The second kappa shape index (κ2) is 8.06. The average molecular weight is 447 g/mol. The van der Waals surface area contributed by atoms with Crippen molar-refractivity contribution in [1.29, 1.82) is 0 Å². The van der Waals surface area contributed by atoms with Gasteiger partial charge in [0.05, 0.1) is 17.0 Å². The SMILES string of the molecule is NS(=O)(=O)c1cc(C2CCCC(Cl)C2)ccc1-c1[nH]c2ccccc2c1CC(=O)O. The summed E-state index contributed by atoms with van der Waals surface area (Å²) < 4.78 is 25.0. The number of aromatic amines is 1. The zero-order chi connectivity index (χ0) is 21.5. The third-order valence-corrected chi connectivity index (χ3v) is 7.15. The van der Waals surface area contributed by atoms with Crippen LogP contribution in [0.2, 0.25) is 0 Å². The van der Waals surface area contributed by atoms with E-state index >= 15 is 0 Å². The summed E-state index contributed by atoms with van der Waals surface area (Å²) in [6.07, 6.45) is 3.47. The molecule has 1 fully saturated rings. The first kappa shape index (κ1) is 20.9. The van der Waals surface area contributed by atoms with Crippen LogP contribution in [0.3, 0.4) is 0 Å². The highest BCUT2D eigenvalue weighted by Gasteiger charge is 2.26. The van der Waals surface area contributed by atoms with Crippen LogP contribution in [-0.2, 0) is 21.2 Å². The van der Waals surface area contributed by atoms with Crippen molar-refractivity contribution in [1.82, 2.24) is 4.98 Å². The number of hydrogen-bond acceptors (Lipinski definition) is 3. The first-order valence-corrected chi connectivity index (χ1v) is 11.8. The molecule has 1 aliphatic carbocycles. The molecule has 2 unspecified atom stereocenters. The number of sulfonamides is 1. The summed E-state index contributed by atoms with van der Waals surface area (Å²) in [7, 11) is -4.04. The van der Waals surface area contributed by atoms with E-state index in [0.29, 0.717) is 16.8 Å². The van der Waals surface area contributed by atoms with Crippen LogP contribution in [0.4, 0.5) is 0 Å². The highest BCUT2D eigenvalue weighted by molar-refractivity contribution is 7.89. The molecule has 2 atom stereocenters. The number of hydrogen-bond donors (Lipinski definition) is 3. The fourth-order valence-electron chi connectivity index (χ4n) is 4.43. The van der Waals surface area contributed by atoms with Gasteiger partial charge in [-0.2, -0.15) is 0 Å². The van der Waals surface area contributed by atoms with Crippen molar-refractivity contribution < 1.29 is 18.3 Å². The van der Waals surface area contributed by atoms with Gasteiger partial charge in [0.25, 0.3) is 0 Å². The number of fused-ring (bicyclic) bond motifs is 1. The summed E-state index contributed by atoms with van der Waals surface area (Å²) in [5, 5.41) is 15.8. The summed E-state index contributed by atoms with van der Waals surface area (Å²) in [5.41, 5.74) is 3.02. The Hall–Kier alpha value is -2.35. The molecule has 0 bridgehead atoms. The van der Waals surface area contributed by atoms with E-state index in [9.17, 15) is 18.3 Å². The Morgan fingerprint density at radius 3 is 2.67 bits per heavy atom. The Morgan fingerprint density at radius 1 is 1.20 bits per heavy atom. The van der Waals surface area contributed by atoms with Crippen molar-refractivity contribution in [3.05, 3.63) is 53.6 Å². The van der Waals surface area contributed by atoms with Gasteiger partial charge < -0.3 is 10.1 Å². The van der Waals surface area contributed by atoms with Gasteiger partial charge in [0.15, 0.2) is 0 Å². The minimum Gasteiger partial charge on any atom is -0.481 e. The third-order valence-electron chi connectivity index (χ3n) is 5.80. The number of rotatable bonds is 5. The van der Waals surface area contributed by atoms with Gasteiger partial charge in [-0.05, 0) is 48.4 Å². The molecule has 0 aliphatic heterocycles. The predicted octanol–water partition coefficient (Wildman–Crippen LogP) is 4.37. The van der Waals surface area contributed by atoms with Crippen LogP contribution in [-0.4, -0.2) is 29.9 Å². The lowest BCUT2D eigenvalue weighted by Crippen LogP contribution is -2.17. The molecule has 0 radical (unpaired) electrons. The molecule has 3 aromatic rings. The normalized spacial score (nSPS) is 19.8. The molecule has 8 heteroatoms. The van der Waals surface area contributed by atoms with Crippen LogP contribution < -0.4 is 5.14 Å². The zero-order valence-corrected chi connectivity index (χ0v) is 17.8. The maximum absolute atomic E-state index is 12.5. The predicted molar refractivity (Wildman–Crippen MR) is 117 cm³/mol. The van der Waals surface area contributed by atoms with E-state index < -0.39 is 16.0 Å². The fourth-order valence-corrected chi connectivity index (χ4v) is 5.58. The van der Waals surface area contributed by atoms with Crippen molar-refractivity contribution in [2.75, 3.05) is 0 Å².